The average Bonchev–Trinajstić information content (AvgIpc) is 3.03. The van der Waals surface area contributed by atoms with Crippen molar-refractivity contribution < 1.29 is 15.6 Å². The molecule has 1 aliphatic rings. The molecule has 2 aromatic carbocycles. The summed E-state index contributed by atoms with van der Waals surface area (Å²) in [5.74, 6) is 0.368. The molecule has 0 heterocycles. The van der Waals surface area contributed by atoms with Gasteiger partial charge in [0.05, 0.1) is 0 Å². The van der Waals surface area contributed by atoms with E-state index in [-0.39, 0.29) is 0 Å². The third-order valence-corrected chi connectivity index (χ3v) is 3.13. The number of aromatic hydroxyl groups is 1. The van der Waals surface area contributed by atoms with Gasteiger partial charge in [0.1, 0.15) is 5.75 Å². The Morgan fingerprint density at radius 3 is 1.57 bits per heavy atom. The van der Waals surface area contributed by atoms with Crippen molar-refractivity contribution in [2.45, 2.75) is 40.0 Å². The van der Waals surface area contributed by atoms with Crippen molar-refractivity contribution in [3.8, 4) is 5.75 Å². The van der Waals surface area contributed by atoms with Crippen molar-refractivity contribution in [1.82, 2.24) is 0 Å². The molecule has 21 heavy (non-hydrogen) atoms. The van der Waals surface area contributed by atoms with Gasteiger partial charge in [0.2, 0.25) is 0 Å². The number of rotatable bonds is 0. The summed E-state index contributed by atoms with van der Waals surface area (Å²) in [5.41, 5.74) is 4.06. The van der Waals surface area contributed by atoms with Gasteiger partial charge in [-0.2, -0.15) is 0 Å². The van der Waals surface area contributed by atoms with Crippen molar-refractivity contribution in [2.24, 2.45) is 0 Å². The third-order valence-electron chi connectivity index (χ3n) is 3.13. The minimum absolute atomic E-state index is 0.368. The zero-order valence-corrected chi connectivity index (χ0v) is 13.1. The average molecular weight is 290 g/mol. The van der Waals surface area contributed by atoms with Crippen LogP contribution in [0.25, 0.3) is 0 Å². The second-order valence-electron chi connectivity index (χ2n) is 4.41. The maximum atomic E-state index is 8.92. The number of fused-ring (bicyclic) bond motifs is 1. The first-order valence-electron chi connectivity index (χ1n) is 7.29. The van der Waals surface area contributed by atoms with E-state index < -0.39 is 0 Å². The van der Waals surface area contributed by atoms with Crippen LogP contribution in [0.1, 0.15) is 37.0 Å². The highest BCUT2D eigenvalue weighted by Gasteiger charge is 2.07. The van der Waals surface area contributed by atoms with E-state index in [1.54, 1.807) is 17.2 Å². The van der Waals surface area contributed by atoms with Crippen LogP contribution in [0.5, 0.6) is 5.75 Å². The summed E-state index contributed by atoms with van der Waals surface area (Å²) in [7, 11) is 0. The molecule has 0 aromatic heterocycles. The number of para-hydroxylation sites is 1. The van der Waals surface area contributed by atoms with Crippen LogP contribution < -0.4 is 0 Å². The fourth-order valence-electron chi connectivity index (χ4n) is 2.08. The van der Waals surface area contributed by atoms with E-state index in [1.807, 2.05) is 39.0 Å². The van der Waals surface area contributed by atoms with Gasteiger partial charge in [-0.25, -0.2) is 0 Å². The predicted octanol–water partition coefficient (Wildman–Crippen LogP) is 4.92. The Bertz CT molecular complexity index is 451. The van der Waals surface area contributed by atoms with Crippen LogP contribution in [0.3, 0.4) is 0 Å². The summed E-state index contributed by atoms with van der Waals surface area (Å²) in [6.07, 6.45) is 3.96. The van der Waals surface area contributed by atoms with Gasteiger partial charge in [-0.05, 0) is 48.9 Å². The summed E-state index contributed by atoms with van der Waals surface area (Å²) in [4.78, 5) is 0. The first kappa shape index (κ1) is 19.2. The molecule has 0 amide bonds. The minimum atomic E-state index is 0.368. The Labute approximate surface area is 127 Å². The second kappa shape index (κ2) is 11.9. The van der Waals surface area contributed by atoms with E-state index in [0.717, 1.165) is 5.56 Å². The predicted molar refractivity (Wildman–Crippen MR) is 87.9 cm³/mol. The molecule has 1 aliphatic carbocycles. The van der Waals surface area contributed by atoms with E-state index >= 15 is 0 Å². The highest BCUT2D eigenvalue weighted by atomic mass is 17.0. The quantitative estimate of drug-likeness (QED) is 0.477. The highest BCUT2D eigenvalue weighted by molar-refractivity contribution is 5.30. The minimum Gasteiger partial charge on any atom is -0.508 e. The molecule has 0 spiro atoms. The van der Waals surface area contributed by atoms with Crippen LogP contribution >= 0.6 is 0 Å². The van der Waals surface area contributed by atoms with Gasteiger partial charge in [0.25, 0.3) is 0 Å². The van der Waals surface area contributed by atoms with Gasteiger partial charge in [-0.3, -0.25) is 10.5 Å². The van der Waals surface area contributed by atoms with Crippen molar-refractivity contribution in [3.05, 3.63) is 65.2 Å². The summed E-state index contributed by atoms with van der Waals surface area (Å²) in [5, 5.41) is 20.9. The van der Waals surface area contributed by atoms with Crippen molar-refractivity contribution in [1.29, 1.82) is 0 Å². The molecule has 3 nitrogen and oxygen atoms in total. The van der Waals surface area contributed by atoms with Crippen LogP contribution in [0.15, 0.2) is 48.5 Å². The van der Waals surface area contributed by atoms with Gasteiger partial charge in [0, 0.05) is 0 Å². The zero-order valence-electron chi connectivity index (χ0n) is 13.1. The van der Waals surface area contributed by atoms with E-state index in [2.05, 4.69) is 24.3 Å². The molecule has 2 aromatic rings. The number of hydrogen-bond donors (Lipinski definition) is 3. The van der Waals surface area contributed by atoms with Gasteiger partial charge < -0.3 is 5.11 Å². The number of phenols is 1. The van der Waals surface area contributed by atoms with E-state index in [1.165, 1.54) is 19.3 Å². The lowest BCUT2D eigenvalue weighted by atomic mass is 10.1. The monoisotopic (exact) mass is 290 g/mol. The fraction of sp³-hybridized carbons (Fsp3) is 0.333. The number of hydrogen-bond acceptors (Lipinski definition) is 3. The Morgan fingerprint density at radius 2 is 1.19 bits per heavy atom. The molecule has 3 heteroatoms. The Kier molecular flexibility index (Phi) is 10.9. The van der Waals surface area contributed by atoms with Crippen LogP contribution in [-0.4, -0.2) is 15.6 Å². The van der Waals surface area contributed by atoms with E-state index in [0.29, 0.717) is 5.75 Å². The van der Waals surface area contributed by atoms with Crippen molar-refractivity contribution >= 4 is 0 Å². The smallest absolute Gasteiger partial charge is 0.118 e. The first-order valence-corrected chi connectivity index (χ1v) is 7.29. The van der Waals surface area contributed by atoms with Crippen LogP contribution in [0, 0.1) is 6.92 Å². The van der Waals surface area contributed by atoms with Crippen LogP contribution in [0.4, 0.5) is 0 Å². The lowest BCUT2D eigenvalue weighted by molar-refractivity contribution is -0.176. The lowest BCUT2D eigenvalue weighted by Crippen LogP contribution is -1.77. The molecule has 3 rings (SSSR count). The van der Waals surface area contributed by atoms with Gasteiger partial charge in [-0.15, -0.1) is 0 Å². The maximum absolute atomic E-state index is 8.92. The van der Waals surface area contributed by atoms with E-state index in [9.17, 15) is 0 Å². The molecule has 0 atom stereocenters. The highest BCUT2D eigenvalue weighted by Crippen LogP contribution is 2.20. The molecule has 3 N–H and O–H groups in total. The van der Waals surface area contributed by atoms with E-state index in [4.69, 9.17) is 15.6 Å². The molecule has 0 radical (unpaired) electrons. The van der Waals surface area contributed by atoms with Gasteiger partial charge in [-0.1, -0.05) is 56.3 Å². The molecular formula is C18H26O3. The Balaban J connectivity index is 0.000000311. The molecular weight excluding hydrogens is 264 g/mol. The second-order valence-corrected chi connectivity index (χ2v) is 4.41. The Morgan fingerprint density at radius 1 is 0.762 bits per heavy atom. The molecule has 0 bridgehead atoms. The van der Waals surface area contributed by atoms with Crippen LogP contribution in [0.2, 0.25) is 0 Å². The Hall–Kier alpha value is -1.84. The topological polar surface area (TPSA) is 60.7 Å². The van der Waals surface area contributed by atoms with Gasteiger partial charge >= 0.3 is 0 Å². The molecule has 0 fully saturated rings. The molecule has 116 valence electrons. The standard InChI is InChI=1S/C9H10.C7H8O.C2H6.H2O2/c1-2-5-9-7-3-6-8(9)4-1;1-6-4-2-3-5-7(6)8;2*1-2/h1-2,4-5H,3,6-7H2;2-5,8H,1H3;1-2H3;1-2H. The zero-order chi connectivity index (χ0) is 16.1. The van der Waals surface area contributed by atoms with Gasteiger partial charge in [0.15, 0.2) is 0 Å². The summed E-state index contributed by atoms with van der Waals surface area (Å²) >= 11 is 0. The van der Waals surface area contributed by atoms with Crippen LogP contribution in [-0.2, 0) is 12.8 Å². The fourth-order valence-corrected chi connectivity index (χ4v) is 2.08. The number of phenolic OH excluding ortho intramolecular Hbond substituents is 1. The molecule has 0 unspecified atom stereocenters. The largest absolute Gasteiger partial charge is 0.508 e. The third kappa shape index (κ3) is 6.93. The molecule has 0 saturated heterocycles. The number of aryl methyl sites for hydroxylation is 3. The molecule has 0 saturated carbocycles. The van der Waals surface area contributed by atoms with Crippen molar-refractivity contribution in [2.75, 3.05) is 0 Å². The first-order chi connectivity index (χ1) is 10.3. The summed E-state index contributed by atoms with van der Waals surface area (Å²) in [6, 6.07) is 16.0. The van der Waals surface area contributed by atoms with Crippen molar-refractivity contribution in [3.63, 3.8) is 0 Å². The lowest BCUT2D eigenvalue weighted by Gasteiger charge is -1.93. The maximum Gasteiger partial charge on any atom is 0.118 e. The number of benzene rings is 2. The summed E-state index contributed by atoms with van der Waals surface area (Å²) < 4.78 is 0. The normalized spacial score (nSPS) is 10.7. The SMILES string of the molecule is CC.Cc1ccccc1O.OO.c1ccc2c(c1)CCC2. The summed E-state index contributed by atoms with van der Waals surface area (Å²) in [6.45, 7) is 5.87. The molecule has 0 aliphatic heterocycles.